The third-order valence-electron chi connectivity index (χ3n) is 4.99. The standard InChI is InChI=1S/C24H22Cl2N2O2/c1-3-23(30)28(2)19-10-6-16(7-11-19)18-8-12-20(21(25)15-18)22(29)13-9-17-5-4-14-27-24(17)26/h4-8,10-12,14-15H,3,9,13H2,1-2H3. The molecule has 0 radical (unpaired) electrons. The molecule has 0 aliphatic rings. The number of pyridine rings is 1. The largest absolute Gasteiger partial charge is 0.316 e. The minimum Gasteiger partial charge on any atom is -0.316 e. The van der Waals surface area contributed by atoms with E-state index in [1.807, 2.05) is 43.3 Å². The van der Waals surface area contributed by atoms with Crippen molar-refractivity contribution in [3.05, 3.63) is 82.1 Å². The number of hydrogen-bond acceptors (Lipinski definition) is 3. The Morgan fingerprint density at radius 3 is 2.33 bits per heavy atom. The molecule has 0 saturated heterocycles. The number of amides is 1. The van der Waals surface area contributed by atoms with E-state index in [-0.39, 0.29) is 11.7 Å². The average molecular weight is 441 g/mol. The average Bonchev–Trinajstić information content (AvgIpc) is 2.77. The molecule has 0 bridgehead atoms. The number of rotatable bonds is 7. The number of aryl methyl sites for hydroxylation is 1. The third-order valence-corrected chi connectivity index (χ3v) is 5.64. The molecule has 0 atom stereocenters. The normalized spacial score (nSPS) is 10.7. The second-order valence-corrected chi connectivity index (χ2v) is 7.69. The van der Waals surface area contributed by atoms with Crippen molar-refractivity contribution in [1.82, 2.24) is 4.98 Å². The third kappa shape index (κ3) is 5.07. The van der Waals surface area contributed by atoms with Gasteiger partial charge in [-0.15, -0.1) is 0 Å². The quantitative estimate of drug-likeness (QED) is 0.322. The highest BCUT2D eigenvalue weighted by Gasteiger charge is 2.14. The number of anilines is 1. The van der Waals surface area contributed by atoms with Gasteiger partial charge in [0.15, 0.2) is 5.78 Å². The monoisotopic (exact) mass is 440 g/mol. The van der Waals surface area contributed by atoms with Crippen LogP contribution < -0.4 is 4.90 Å². The van der Waals surface area contributed by atoms with E-state index in [0.29, 0.717) is 35.0 Å². The van der Waals surface area contributed by atoms with Crippen LogP contribution in [0.25, 0.3) is 11.1 Å². The highest BCUT2D eigenvalue weighted by atomic mass is 35.5. The van der Waals surface area contributed by atoms with Crippen molar-refractivity contribution in [3.63, 3.8) is 0 Å². The molecule has 6 heteroatoms. The lowest BCUT2D eigenvalue weighted by atomic mass is 9.99. The number of aromatic nitrogens is 1. The van der Waals surface area contributed by atoms with E-state index < -0.39 is 0 Å². The first-order valence-corrected chi connectivity index (χ1v) is 10.5. The van der Waals surface area contributed by atoms with Crippen molar-refractivity contribution in [2.75, 3.05) is 11.9 Å². The summed E-state index contributed by atoms with van der Waals surface area (Å²) in [6, 6.07) is 16.8. The molecule has 0 saturated carbocycles. The van der Waals surface area contributed by atoms with Crippen LogP contribution in [0.5, 0.6) is 0 Å². The Balaban J connectivity index is 1.72. The molecule has 0 aliphatic heterocycles. The first-order valence-electron chi connectivity index (χ1n) is 9.69. The lowest BCUT2D eigenvalue weighted by molar-refractivity contribution is -0.118. The SMILES string of the molecule is CCC(=O)N(C)c1ccc(-c2ccc(C(=O)CCc3cccnc3Cl)c(Cl)c2)cc1. The Morgan fingerprint density at radius 1 is 1.00 bits per heavy atom. The molecule has 3 rings (SSSR count). The van der Waals surface area contributed by atoms with Crippen molar-refractivity contribution in [1.29, 1.82) is 0 Å². The number of carbonyl (C=O) groups is 2. The number of carbonyl (C=O) groups excluding carboxylic acids is 2. The van der Waals surface area contributed by atoms with Crippen LogP contribution in [0.15, 0.2) is 60.8 Å². The second kappa shape index (κ2) is 9.88. The molecule has 1 aromatic heterocycles. The van der Waals surface area contributed by atoms with Gasteiger partial charge in [-0.05, 0) is 53.4 Å². The highest BCUT2D eigenvalue weighted by molar-refractivity contribution is 6.34. The summed E-state index contributed by atoms with van der Waals surface area (Å²) in [5.41, 5.74) is 4.02. The minimum atomic E-state index is -0.0403. The van der Waals surface area contributed by atoms with Crippen LogP contribution in [0, 0.1) is 0 Å². The van der Waals surface area contributed by atoms with Gasteiger partial charge in [-0.2, -0.15) is 0 Å². The molecule has 4 nitrogen and oxygen atoms in total. The number of ketones is 1. The van der Waals surface area contributed by atoms with Gasteiger partial charge >= 0.3 is 0 Å². The number of nitrogens with zero attached hydrogens (tertiary/aromatic N) is 2. The van der Waals surface area contributed by atoms with Gasteiger partial charge in [-0.1, -0.05) is 54.4 Å². The van der Waals surface area contributed by atoms with Gasteiger partial charge < -0.3 is 4.90 Å². The van der Waals surface area contributed by atoms with Crippen molar-refractivity contribution in [2.45, 2.75) is 26.2 Å². The Kier molecular flexibility index (Phi) is 7.24. The summed E-state index contributed by atoms with van der Waals surface area (Å²) in [7, 11) is 1.76. The van der Waals surface area contributed by atoms with E-state index in [2.05, 4.69) is 4.98 Å². The fourth-order valence-corrected chi connectivity index (χ4v) is 3.67. The van der Waals surface area contributed by atoms with Gasteiger partial charge in [-0.25, -0.2) is 4.98 Å². The molecule has 0 unspecified atom stereocenters. The summed E-state index contributed by atoms with van der Waals surface area (Å²) >= 11 is 12.5. The van der Waals surface area contributed by atoms with Gasteiger partial charge in [-0.3, -0.25) is 9.59 Å². The molecule has 1 heterocycles. The molecule has 0 fully saturated rings. The van der Waals surface area contributed by atoms with Crippen LogP contribution in [0.3, 0.4) is 0 Å². The zero-order chi connectivity index (χ0) is 21.7. The Morgan fingerprint density at radius 2 is 1.70 bits per heavy atom. The predicted octanol–water partition coefficient (Wildman–Crippen LogP) is 6.24. The van der Waals surface area contributed by atoms with Crippen LogP contribution in [-0.2, 0) is 11.2 Å². The summed E-state index contributed by atoms with van der Waals surface area (Å²) in [5, 5.41) is 0.832. The van der Waals surface area contributed by atoms with Crippen LogP contribution in [0.2, 0.25) is 10.2 Å². The van der Waals surface area contributed by atoms with Gasteiger partial charge in [0, 0.05) is 37.3 Å². The number of hydrogen-bond donors (Lipinski definition) is 0. The summed E-state index contributed by atoms with van der Waals surface area (Å²) < 4.78 is 0. The fraction of sp³-hybridized carbons (Fsp3) is 0.208. The molecular formula is C24H22Cl2N2O2. The summed E-state index contributed by atoms with van der Waals surface area (Å²) in [4.78, 5) is 30.1. The van der Waals surface area contributed by atoms with E-state index in [1.165, 1.54) is 0 Å². The zero-order valence-electron chi connectivity index (χ0n) is 16.9. The maximum Gasteiger partial charge on any atom is 0.226 e. The van der Waals surface area contributed by atoms with Crippen LogP contribution in [-0.4, -0.2) is 23.7 Å². The maximum atomic E-state index is 12.6. The smallest absolute Gasteiger partial charge is 0.226 e. The Labute approximate surface area is 186 Å². The van der Waals surface area contributed by atoms with Crippen LogP contribution in [0.4, 0.5) is 5.69 Å². The number of halogens is 2. The molecule has 30 heavy (non-hydrogen) atoms. The Bertz CT molecular complexity index is 1070. The first-order chi connectivity index (χ1) is 14.4. The van der Waals surface area contributed by atoms with Gasteiger partial charge in [0.05, 0.1) is 5.02 Å². The molecule has 3 aromatic rings. The van der Waals surface area contributed by atoms with Crippen molar-refractivity contribution >= 4 is 40.6 Å². The molecule has 0 aliphatic carbocycles. The molecule has 0 spiro atoms. The summed E-state index contributed by atoms with van der Waals surface area (Å²) in [6.45, 7) is 1.84. The number of Topliss-reactive ketones (excluding diaryl/α,β-unsaturated/α-hetero) is 1. The van der Waals surface area contributed by atoms with Crippen molar-refractivity contribution < 1.29 is 9.59 Å². The van der Waals surface area contributed by atoms with E-state index >= 15 is 0 Å². The summed E-state index contributed by atoms with van der Waals surface area (Å²) in [6.07, 6.45) is 2.89. The molecule has 0 N–H and O–H groups in total. The maximum absolute atomic E-state index is 12.6. The Hall–Kier alpha value is -2.69. The van der Waals surface area contributed by atoms with Crippen molar-refractivity contribution in [2.24, 2.45) is 0 Å². The molecule has 2 aromatic carbocycles. The van der Waals surface area contributed by atoms with Gasteiger partial charge in [0.25, 0.3) is 0 Å². The van der Waals surface area contributed by atoms with E-state index in [4.69, 9.17) is 23.2 Å². The second-order valence-electron chi connectivity index (χ2n) is 6.92. The summed E-state index contributed by atoms with van der Waals surface area (Å²) in [5.74, 6) is 0.0164. The van der Waals surface area contributed by atoms with Gasteiger partial charge in [0.1, 0.15) is 5.15 Å². The van der Waals surface area contributed by atoms with Gasteiger partial charge in [0.2, 0.25) is 5.91 Å². The lowest BCUT2D eigenvalue weighted by Gasteiger charge is -2.17. The minimum absolute atomic E-state index is 0.0403. The highest BCUT2D eigenvalue weighted by Crippen LogP contribution is 2.28. The fourth-order valence-electron chi connectivity index (χ4n) is 3.17. The lowest BCUT2D eigenvalue weighted by Crippen LogP contribution is -2.24. The van der Waals surface area contributed by atoms with E-state index in [1.54, 1.807) is 36.3 Å². The molecule has 1 amide bonds. The molecular weight excluding hydrogens is 419 g/mol. The van der Waals surface area contributed by atoms with E-state index in [9.17, 15) is 9.59 Å². The first kappa shape index (κ1) is 22.0. The van der Waals surface area contributed by atoms with Crippen molar-refractivity contribution in [3.8, 4) is 11.1 Å². The topological polar surface area (TPSA) is 50.3 Å². The zero-order valence-corrected chi connectivity index (χ0v) is 18.4. The van der Waals surface area contributed by atoms with Crippen LogP contribution >= 0.6 is 23.2 Å². The molecule has 154 valence electrons. The number of benzene rings is 2. The predicted molar refractivity (Wildman–Crippen MR) is 122 cm³/mol. The van der Waals surface area contributed by atoms with E-state index in [0.717, 1.165) is 22.4 Å². The van der Waals surface area contributed by atoms with Crippen LogP contribution in [0.1, 0.15) is 35.7 Å².